The van der Waals surface area contributed by atoms with Gasteiger partial charge in [-0.05, 0) is 31.5 Å². The molecular formula is C11H15NO2. The van der Waals surface area contributed by atoms with E-state index >= 15 is 0 Å². The van der Waals surface area contributed by atoms with Gasteiger partial charge in [-0.3, -0.25) is 0 Å². The Morgan fingerprint density at radius 2 is 2.43 bits per heavy atom. The van der Waals surface area contributed by atoms with E-state index in [4.69, 9.17) is 9.15 Å². The van der Waals surface area contributed by atoms with Gasteiger partial charge in [0, 0.05) is 5.56 Å². The molecule has 0 fully saturated rings. The zero-order valence-electron chi connectivity index (χ0n) is 8.32. The molecule has 0 saturated heterocycles. The highest BCUT2D eigenvalue weighted by Crippen LogP contribution is 2.27. The molecule has 2 rings (SSSR count). The van der Waals surface area contributed by atoms with E-state index in [1.165, 1.54) is 5.57 Å². The maximum absolute atomic E-state index is 5.33. The van der Waals surface area contributed by atoms with Crippen LogP contribution in [0.1, 0.15) is 24.4 Å². The second-order valence-electron chi connectivity index (χ2n) is 3.45. The lowest BCUT2D eigenvalue weighted by Crippen LogP contribution is -2.20. The van der Waals surface area contributed by atoms with Crippen LogP contribution in [-0.2, 0) is 4.74 Å². The molecule has 1 unspecified atom stereocenters. The average molecular weight is 193 g/mol. The van der Waals surface area contributed by atoms with Crippen LogP contribution in [0.4, 0.5) is 0 Å². The molecule has 2 heterocycles. The molecule has 1 atom stereocenters. The highest BCUT2D eigenvalue weighted by Gasteiger charge is 2.17. The lowest BCUT2D eigenvalue weighted by atomic mass is 9.97. The van der Waals surface area contributed by atoms with Crippen LogP contribution >= 0.6 is 0 Å². The summed E-state index contributed by atoms with van der Waals surface area (Å²) in [5.41, 5.74) is 2.45. The van der Waals surface area contributed by atoms with Gasteiger partial charge in [-0.15, -0.1) is 0 Å². The van der Waals surface area contributed by atoms with Crippen molar-refractivity contribution in [2.75, 3.05) is 13.7 Å². The Balaban J connectivity index is 2.16. The molecule has 0 spiro atoms. The van der Waals surface area contributed by atoms with Crippen molar-refractivity contribution in [3.8, 4) is 0 Å². The van der Waals surface area contributed by atoms with Crippen LogP contribution in [-0.4, -0.2) is 13.7 Å². The molecule has 1 N–H and O–H groups in total. The first-order valence-electron chi connectivity index (χ1n) is 4.91. The minimum atomic E-state index is 0.231. The third-order valence-corrected chi connectivity index (χ3v) is 2.50. The van der Waals surface area contributed by atoms with Gasteiger partial charge in [-0.1, -0.05) is 0 Å². The molecule has 1 aliphatic rings. The summed E-state index contributed by atoms with van der Waals surface area (Å²) >= 11 is 0. The summed E-state index contributed by atoms with van der Waals surface area (Å²) in [7, 11) is 1.95. The first-order valence-corrected chi connectivity index (χ1v) is 4.91. The molecule has 0 saturated carbocycles. The van der Waals surface area contributed by atoms with Gasteiger partial charge in [0.05, 0.1) is 31.4 Å². The van der Waals surface area contributed by atoms with Crippen molar-refractivity contribution < 1.29 is 9.15 Å². The van der Waals surface area contributed by atoms with Gasteiger partial charge in [0.1, 0.15) is 0 Å². The molecule has 0 aliphatic carbocycles. The van der Waals surface area contributed by atoms with Crippen molar-refractivity contribution in [3.05, 3.63) is 36.0 Å². The minimum absolute atomic E-state index is 0.231. The van der Waals surface area contributed by atoms with Crippen LogP contribution in [0, 0.1) is 0 Å². The third-order valence-electron chi connectivity index (χ3n) is 2.50. The lowest BCUT2D eigenvalue weighted by molar-refractivity contribution is 0.220. The highest BCUT2D eigenvalue weighted by atomic mass is 16.5. The van der Waals surface area contributed by atoms with E-state index in [0.717, 1.165) is 25.0 Å². The Bertz CT molecular complexity index is 303. The Kier molecular flexibility index (Phi) is 2.89. The van der Waals surface area contributed by atoms with Gasteiger partial charge < -0.3 is 14.5 Å². The van der Waals surface area contributed by atoms with Crippen molar-refractivity contribution >= 4 is 0 Å². The Labute approximate surface area is 83.7 Å². The SMILES string of the molecule is CNC(C1=COCCC1)c1ccoc1. The maximum Gasteiger partial charge on any atom is 0.0953 e. The predicted octanol–water partition coefficient (Wildman–Crippen LogP) is 2.23. The Morgan fingerprint density at radius 3 is 3.00 bits per heavy atom. The van der Waals surface area contributed by atoms with E-state index < -0.39 is 0 Å². The monoisotopic (exact) mass is 193 g/mol. The smallest absolute Gasteiger partial charge is 0.0953 e. The Morgan fingerprint density at radius 1 is 1.50 bits per heavy atom. The molecule has 0 aromatic carbocycles. The van der Waals surface area contributed by atoms with E-state index in [2.05, 4.69) is 5.32 Å². The molecule has 1 aromatic heterocycles. The summed E-state index contributed by atoms with van der Waals surface area (Å²) in [6.45, 7) is 0.839. The normalized spacial score (nSPS) is 18.5. The molecule has 76 valence electrons. The van der Waals surface area contributed by atoms with Crippen molar-refractivity contribution in [1.29, 1.82) is 0 Å². The summed E-state index contributed by atoms with van der Waals surface area (Å²) < 4.78 is 10.4. The first-order chi connectivity index (χ1) is 6.92. The second-order valence-corrected chi connectivity index (χ2v) is 3.45. The van der Waals surface area contributed by atoms with Crippen LogP contribution in [0.3, 0.4) is 0 Å². The van der Waals surface area contributed by atoms with Gasteiger partial charge in [-0.25, -0.2) is 0 Å². The standard InChI is InChI=1S/C11H15NO2/c1-12-11(10-4-6-14-8-10)9-3-2-5-13-7-9/h4,6-8,11-12H,2-3,5H2,1H3. The lowest BCUT2D eigenvalue weighted by Gasteiger charge is -2.21. The molecule has 0 amide bonds. The zero-order chi connectivity index (χ0) is 9.80. The van der Waals surface area contributed by atoms with Crippen LogP contribution in [0.25, 0.3) is 0 Å². The second kappa shape index (κ2) is 4.33. The highest BCUT2D eigenvalue weighted by molar-refractivity contribution is 5.24. The fourth-order valence-electron chi connectivity index (χ4n) is 1.80. The topological polar surface area (TPSA) is 34.4 Å². The molecule has 0 bridgehead atoms. The van der Waals surface area contributed by atoms with Gasteiger partial charge in [0.25, 0.3) is 0 Å². The number of hydrogen-bond acceptors (Lipinski definition) is 3. The molecule has 1 aromatic rings. The molecule has 3 nitrogen and oxygen atoms in total. The van der Waals surface area contributed by atoms with Crippen LogP contribution in [0.15, 0.2) is 34.8 Å². The number of likely N-dealkylation sites (N-methyl/N-ethyl adjacent to an activating group) is 1. The maximum atomic E-state index is 5.33. The minimum Gasteiger partial charge on any atom is -0.501 e. The first kappa shape index (κ1) is 9.34. The Hall–Kier alpha value is -1.22. The van der Waals surface area contributed by atoms with Crippen LogP contribution in [0.5, 0.6) is 0 Å². The van der Waals surface area contributed by atoms with Gasteiger partial charge in [0.15, 0.2) is 0 Å². The fraction of sp³-hybridized carbons (Fsp3) is 0.455. The van der Waals surface area contributed by atoms with Gasteiger partial charge in [0.2, 0.25) is 0 Å². The summed E-state index contributed by atoms with van der Waals surface area (Å²) in [6, 6.07) is 2.21. The van der Waals surface area contributed by atoms with Crippen molar-refractivity contribution in [1.82, 2.24) is 5.32 Å². The largest absolute Gasteiger partial charge is 0.501 e. The molecule has 14 heavy (non-hydrogen) atoms. The fourth-order valence-corrected chi connectivity index (χ4v) is 1.80. The summed E-state index contributed by atoms with van der Waals surface area (Å²) in [4.78, 5) is 0. The van der Waals surface area contributed by atoms with E-state index in [-0.39, 0.29) is 6.04 Å². The average Bonchev–Trinajstić information content (AvgIpc) is 2.74. The molecule has 0 radical (unpaired) electrons. The van der Waals surface area contributed by atoms with E-state index in [1.807, 2.05) is 19.4 Å². The predicted molar refractivity (Wildman–Crippen MR) is 53.8 cm³/mol. The van der Waals surface area contributed by atoms with Crippen LogP contribution < -0.4 is 5.32 Å². The summed E-state index contributed by atoms with van der Waals surface area (Å²) in [6.07, 6.45) is 7.54. The third kappa shape index (κ3) is 1.82. The summed E-state index contributed by atoms with van der Waals surface area (Å²) in [5.74, 6) is 0. The van der Waals surface area contributed by atoms with E-state index in [1.54, 1.807) is 12.5 Å². The van der Waals surface area contributed by atoms with Crippen molar-refractivity contribution in [2.45, 2.75) is 18.9 Å². The van der Waals surface area contributed by atoms with Crippen molar-refractivity contribution in [2.24, 2.45) is 0 Å². The number of furan rings is 1. The quantitative estimate of drug-likeness (QED) is 0.799. The molecule has 1 aliphatic heterocycles. The molecular weight excluding hydrogens is 178 g/mol. The number of ether oxygens (including phenoxy) is 1. The van der Waals surface area contributed by atoms with E-state index in [9.17, 15) is 0 Å². The molecule has 3 heteroatoms. The number of nitrogens with one attached hydrogen (secondary N) is 1. The van der Waals surface area contributed by atoms with Gasteiger partial charge in [-0.2, -0.15) is 0 Å². The van der Waals surface area contributed by atoms with Crippen molar-refractivity contribution in [3.63, 3.8) is 0 Å². The zero-order valence-corrected chi connectivity index (χ0v) is 8.32. The summed E-state index contributed by atoms with van der Waals surface area (Å²) in [5, 5.41) is 3.27. The number of hydrogen-bond donors (Lipinski definition) is 1. The number of rotatable bonds is 3. The van der Waals surface area contributed by atoms with Gasteiger partial charge >= 0.3 is 0 Å². The van der Waals surface area contributed by atoms with Crippen LogP contribution in [0.2, 0.25) is 0 Å². The van der Waals surface area contributed by atoms with E-state index in [0.29, 0.717) is 0 Å².